The molecular weight excluding hydrogens is 118 g/mol. The molecule has 0 unspecified atom stereocenters. The van der Waals surface area contributed by atoms with Crippen LogP contribution in [0.1, 0.15) is 13.8 Å². The fraction of sp³-hybridized carbons (Fsp3) is 0.667. The normalized spacial score (nSPS) is 27.6. The molecule has 0 spiro atoms. The molecule has 1 rings (SSSR count). The van der Waals surface area contributed by atoms with Gasteiger partial charge in [-0.25, -0.2) is 0 Å². The van der Waals surface area contributed by atoms with E-state index < -0.39 is 0 Å². The molecule has 0 aromatic heterocycles. The highest BCUT2D eigenvalue weighted by Gasteiger charge is 2.26. The number of aliphatic hydroxyl groups is 1. The molecule has 9 heavy (non-hydrogen) atoms. The first kappa shape index (κ1) is 6.26. The zero-order valence-corrected chi connectivity index (χ0v) is 5.64. The third-order valence-electron chi connectivity index (χ3n) is 1.17. The Morgan fingerprint density at radius 3 is 2.67 bits per heavy atom. The van der Waals surface area contributed by atoms with Crippen LogP contribution in [0.15, 0.2) is 12.1 Å². The number of hydrogen-bond donors (Lipinski definition) is 2. The van der Waals surface area contributed by atoms with Crippen LogP contribution in [-0.2, 0) is 4.74 Å². The molecule has 0 atom stereocenters. The molecule has 1 saturated heterocycles. The first-order valence-corrected chi connectivity index (χ1v) is 2.89. The highest BCUT2D eigenvalue weighted by atomic mass is 16.5. The van der Waals surface area contributed by atoms with Crippen molar-refractivity contribution < 1.29 is 9.84 Å². The molecule has 0 aliphatic carbocycles. The Balaban J connectivity index is 2.57. The Bertz CT molecular complexity index is 140. The average Bonchev–Trinajstić information content (AvgIpc) is 2.10. The van der Waals surface area contributed by atoms with E-state index in [2.05, 4.69) is 5.32 Å². The van der Waals surface area contributed by atoms with E-state index in [1.165, 1.54) is 0 Å². The minimum absolute atomic E-state index is 0.0332. The molecule has 2 N–H and O–H groups in total. The van der Waals surface area contributed by atoms with Crippen LogP contribution < -0.4 is 5.32 Å². The van der Waals surface area contributed by atoms with Crippen LogP contribution in [0.3, 0.4) is 0 Å². The van der Waals surface area contributed by atoms with Crippen molar-refractivity contribution in [1.29, 1.82) is 0 Å². The zero-order valence-electron chi connectivity index (χ0n) is 5.64. The van der Waals surface area contributed by atoms with Crippen molar-refractivity contribution in [3.63, 3.8) is 0 Å². The maximum atomic E-state index is 8.45. The van der Waals surface area contributed by atoms with Gasteiger partial charge >= 0.3 is 0 Å². The predicted molar refractivity (Wildman–Crippen MR) is 33.9 cm³/mol. The van der Waals surface area contributed by atoms with Gasteiger partial charge in [0.05, 0.1) is 5.54 Å². The topological polar surface area (TPSA) is 41.5 Å². The van der Waals surface area contributed by atoms with E-state index in [9.17, 15) is 0 Å². The second-order valence-corrected chi connectivity index (χ2v) is 2.79. The summed E-state index contributed by atoms with van der Waals surface area (Å²) in [5.41, 5.74) is -0.0332. The van der Waals surface area contributed by atoms with E-state index in [-0.39, 0.29) is 5.54 Å². The fourth-order valence-electron chi connectivity index (χ4n) is 0.733. The molecule has 1 heterocycles. The van der Waals surface area contributed by atoms with E-state index in [0.29, 0.717) is 12.5 Å². The smallest absolute Gasteiger partial charge is 0.222 e. The van der Waals surface area contributed by atoms with Crippen LogP contribution in [0.4, 0.5) is 0 Å². The highest BCUT2D eigenvalue weighted by molar-refractivity contribution is 4.98. The van der Waals surface area contributed by atoms with Gasteiger partial charge in [0.1, 0.15) is 12.9 Å². The highest BCUT2D eigenvalue weighted by Crippen LogP contribution is 2.14. The standard InChI is InChI=1S/C6H11NO2/c1-6(2)4-9-5(3-8)7-6/h3,7-8H,4H2,1-2H3/b5-3-. The Labute approximate surface area is 54.3 Å². The van der Waals surface area contributed by atoms with Crippen molar-refractivity contribution in [1.82, 2.24) is 5.32 Å². The average molecular weight is 129 g/mol. The Morgan fingerprint density at radius 1 is 1.78 bits per heavy atom. The molecule has 1 aliphatic rings. The maximum absolute atomic E-state index is 8.45. The van der Waals surface area contributed by atoms with Crippen molar-refractivity contribution in [3.8, 4) is 0 Å². The van der Waals surface area contributed by atoms with Gasteiger partial charge in [0.25, 0.3) is 0 Å². The minimum atomic E-state index is -0.0332. The molecular formula is C6H11NO2. The summed E-state index contributed by atoms with van der Waals surface area (Å²) in [6.45, 7) is 4.62. The van der Waals surface area contributed by atoms with Gasteiger partial charge in [-0.2, -0.15) is 0 Å². The summed E-state index contributed by atoms with van der Waals surface area (Å²) < 4.78 is 5.02. The third-order valence-corrected chi connectivity index (χ3v) is 1.17. The van der Waals surface area contributed by atoms with Crippen LogP contribution >= 0.6 is 0 Å². The van der Waals surface area contributed by atoms with E-state index in [1.807, 2.05) is 13.8 Å². The third kappa shape index (κ3) is 1.28. The summed E-state index contributed by atoms with van der Waals surface area (Å²) in [6, 6.07) is 0. The molecule has 3 heteroatoms. The lowest BCUT2D eigenvalue weighted by Gasteiger charge is -2.12. The second kappa shape index (κ2) is 1.83. The monoisotopic (exact) mass is 129 g/mol. The summed E-state index contributed by atoms with van der Waals surface area (Å²) in [7, 11) is 0. The molecule has 0 bridgehead atoms. The number of ether oxygens (including phenoxy) is 1. The number of rotatable bonds is 0. The summed E-state index contributed by atoms with van der Waals surface area (Å²) >= 11 is 0. The van der Waals surface area contributed by atoms with E-state index >= 15 is 0 Å². The van der Waals surface area contributed by atoms with Crippen LogP contribution in [0.2, 0.25) is 0 Å². The van der Waals surface area contributed by atoms with Crippen molar-refractivity contribution >= 4 is 0 Å². The van der Waals surface area contributed by atoms with Crippen LogP contribution in [0.25, 0.3) is 0 Å². The van der Waals surface area contributed by atoms with Gasteiger partial charge in [-0.3, -0.25) is 0 Å². The van der Waals surface area contributed by atoms with Crippen molar-refractivity contribution in [2.45, 2.75) is 19.4 Å². The molecule has 0 amide bonds. The molecule has 1 fully saturated rings. The molecule has 0 aromatic rings. The van der Waals surface area contributed by atoms with Gasteiger partial charge in [-0.15, -0.1) is 0 Å². The minimum Gasteiger partial charge on any atom is -0.510 e. The molecule has 0 radical (unpaired) electrons. The number of nitrogens with one attached hydrogen (secondary N) is 1. The van der Waals surface area contributed by atoms with Crippen LogP contribution in [-0.4, -0.2) is 17.3 Å². The van der Waals surface area contributed by atoms with Gasteiger partial charge in [0.15, 0.2) is 0 Å². The Kier molecular flexibility index (Phi) is 1.27. The van der Waals surface area contributed by atoms with Gasteiger partial charge in [0, 0.05) is 0 Å². The molecule has 52 valence electrons. The van der Waals surface area contributed by atoms with Gasteiger partial charge < -0.3 is 15.2 Å². The second-order valence-electron chi connectivity index (χ2n) is 2.79. The molecule has 0 aromatic carbocycles. The number of hydrogen-bond acceptors (Lipinski definition) is 3. The van der Waals surface area contributed by atoms with Gasteiger partial charge in [-0.1, -0.05) is 0 Å². The SMILES string of the molecule is CC1(C)CO/C(=C\O)N1. The largest absolute Gasteiger partial charge is 0.510 e. The number of aliphatic hydroxyl groups excluding tert-OH is 1. The zero-order chi connectivity index (χ0) is 6.91. The maximum Gasteiger partial charge on any atom is 0.222 e. The summed E-state index contributed by atoms with van der Waals surface area (Å²) in [5, 5.41) is 11.4. The summed E-state index contributed by atoms with van der Waals surface area (Å²) in [6.07, 6.45) is 0.939. The first-order chi connectivity index (χ1) is 4.14. The van der Waals surface area contributed by atoms with Crippen molar-refractivity contribution in [2.75, 3.05) is 6.61 Å². The van der Waals surface area contributed by atoms with Crippen molar-refractivity contribution in [3.05, 3.63) is 12.1 Å². The fourth-order valence-corrected chi connectivity index (χ4v) is 0.733. The molecule has 1 aliphatic heterocycles. The first-order valence-electron chi connectivity index (χ1n) is 2.89. The summed E-state index contributed by atoms with van der Waals surface area (Å²) in [5.74, 6) is 0.458. The van der Waals surface area contributed by atoms with E-state index in [0.717, 1.165) is 6.26 Å². The lowest BCUT2D eigenvalue weighted by Crippen LogP contribution is -2.33. The Morgan fingerprint density at radius 2 is 2.44 bits per heavy atom. The Hall–Kier alpha value is -0.860. The van der Waals surface area contributed by atoms with Crippen molar-refractivity contribution in [2.24, 2.45) is 0 Å². The van der Waals surface area contributed by atoms with Crippen LogP contribution in [0.5, 0.6) is 0 Å². The quantitative estimate of drug-likeness (QED) is 0.474. The molecule has 3 nitrogen and oxygen atoms in total. The van der Waals surface area contributed by atoms with E-state index in [4.69, 9.17) is 9.84 Å². The van der Waals surface area contributed by atoms with Gasteiger partial charge in [0.2, 0.25) is 5.88 Å². The van der Waals surface area contributed by atoms with E-state index in [1.54, 1.807) is 0 Å². The predicted octanol–water partition coefficient (Wildman–Crippen LogP) is 0.742. The summed E-state index contributed by atoms with van der Waals surface area (Å²) in [4.78, 5) is 0. The van der Waals surface area contributed by atoms with Crippen LogP contribution in [0, 0.1) is 0 Å². The lowest BCUT2D eigenvalue weighted by molar-refractivity contribution is 0.226. The lowest BCUT2D eigenvalue weighted by atomic mass is 10.1. The molecule has 0 saturated carbocycles. The van der Waals surface area contributed by atoms with Gasteiger partial charge in [-0.05, 0) is 13.8 Å².